The Kier molecular flexibility index (Phi) is 5.40. The van der Waals surface area contributed by atoms with Crippen LogP contribution in [0.4, 0.5) is 0 Å². The van der Waals surface area contributed by atoms with Gasteiger partial charge in [-0.05, 0) is 37.1 Å². The van der Waals surface area contributed by atoms with Crippen molar-refractivity contribution in [2.75, 3.05) is 19.7 Å². The van der Waals surface area contributed by atoms with E-state index in [0.717, 1.165) is 0 Å². The highest BCUT2D eigenvalue weighted by molar-refractivity contribution is 7.89. The van der Waals surface area contributed by atoms with Crippen molar-refractivity contribution in [2.24, 2.45) is 5.92 Å². The minimum atomic E-state index is -3.66. The van der Waals surface area contributed by atoms with Crippen LogP contribution in [0.1, 0.15) is 12.8 Å². The van der Waals surface area contributed by atoms with Gasteiger partial charge in [0, 0.05) is 18.1 Å². The highest BCUT2D eigenvalue weighted by atomic mass is 35.5. The van der Waals surface area contributed by atoms with E-state index in [9.17, 15) is 13.2 Å². The van der Waals surface area contributed by atoms with E-state index in [1.54, 1.807) is 6.07 Å². The summed E-state index contributed by atoms with van der Waals surface area (Å²) in [7, 11) is -3.66. The summed E-state index contributed by atoms with van der Waals surface area (Å²) in [4.78, 5) is 11.9. The standard InChI is InChI=1S/C14H15ClN2O4S/c15-12-3-5-13(6-4-12)22(19,20)17-8-1-2-11(10-17)14(18)21-9-7-16/h3-6,11H,1-2,8-10H2. The van der Waals surface area contributed by atoms with Crippen molar-refractivity contribution >= 4 is 27.6 Å². The summed E-state index contributed by atoms with van der Waals surface area (Å²) >= 11 is 5.76. The Morgan fingerprint density at radius 3 is 2.73 bits per heavy atom. The molecule has 2 rings (SSSR count). The maximum Gasteiger partial charge on any atom is 0.311 e. The molecule has 6 nitrogen and oxygen atoms in total. The topological polar surface area (TPSA) is 87.5 Å². The first-order valence-corrected chi connectivity index (χ1v) is 8.56. The molecule has 0 saturated carbocycles. The van der Waals surface area contributed by atoms with Gasteiger partial charge in [-0.3, -0.25) is 4.79 Å². The number of nitrogens with zero attached hydrogens (tertiary/aromatic N) is 2. The molecule has 0 amide bonds. The molecule has 1 aromatic carbocycles. The molecular formula is C14H15ClN2O4S. The number of hydrogen-bond acceptors (Lipinski definition) is 5. The lowest BCUT2D eigenvalue weighted by molar-refractivity contribution is -0.148. The average molecular weight is 343 g/mol. The number of hydrogen-bond donors (Lipinski definition) is 0. The number of rotatable bonds is 4. The van der Waals surface area contributed by atoms with Gasteiger partial charge in [0.05, 0.1) is 10.8 Å². The van der Waals surface area contributed by atoms with Crippen LogP contribution in [0.3, 0.4) is 0 Å². The molecule has 0 aliphatic carbocycles. The molecule has 0 aromatic heterocycles. The number of sulfonamides is 1. The molecule has 1 fully saturated rings. The lowest BCUT2D eigenvalue weighted by atomic mass is 10.0. The van der Waals surface area contributed by atoms with Gasteiger partial charge < -0.3 is 4.74 Å². The fraction of sp³-hybridized carbons (Fsp3) is 0.429. The normalized spacial score (nSPS) is 19.4. The third kappa shape index (κ3) is 3.77. The molecule has 0 bridgehead atoms. The fourth-order valence-electron chi connectivity index (χ4n) is 2.33. The molecule has 1 heterocycles. The summed E-state index contributed by atoms with van der Waals surface area (Å²) < 4.78 is 31.2. The zero-order valence-corrected chi connectivity index (χ0v) is 13.3. The van der Waals surface area contributed by atoms with Crippen molar-refractivity contribution in [1.82, 2.24) is 4.31 Å². The van der Waals surface area contributed by atoms with Crippen LogP contribution in [0.5, 0.6) is 0 Å². The highest BCUT2D eigenvalue weighted by Gasteiger charge is 2.34. The van der Waals surface area contributed by atoms with Gasteiger partial charge in [-0.2, -0.15) is 9.57 Å². The van der Waals surface area contributed by atoms with Crippen LogP contribution in [0.2, 0.25) is 5.02 Å². The third-order valence-corrected chi connectivity index (χ3v) is 5.58. The number of nitriles is 1. The second-order valence-corrected chi connectivity index (χ2v) is 7.30. The van der Waals surface area contributed by atoms with Crippen molar-refractivity contribution < 1.29 is 17.9 Å². The molecule has 1 aromatic rings. The molecule has 1 atom stereocenters. The van der Waals surface area contributed by atoms with Crippen LogP contribution in [-0.4, -0.2) is 38.4 Å². The zero-order chi connectivity index (χ0) is 16.2. The summed E-state index contributed by atoms with van der Waals surface area (Å²) in [6.07, 6.45) is 1.12. The summed E-state index contributed by atoms with van der Waals surface area (Å²) in [6.45, 7) is 0.0987. The maximum absolute atomic E-state index is 12.6. The Labute approximate surface area is 134 Å². The van der Waals surface area contributed by atoms with Crippen molar-refractivity contribution in [2.45, 2.75) is 17.7 Å². The van der Waals surface area contributed by atoms with E-state index in [1.165, 1.54) is 28.6 Å². The molecular weight excluding hydrogens is 328 g/mol. The lowest BCUT2D eigenvalue weighted by Gasteiger charge is -2.30. The summed E-state index contributed by atoms with van der Waals surface area (Å²) in [5, 5.41) is 8.88. The van der Waals surface area contributed by atoms with E-state index in [-0.39, 0.29) is 18.0 Å². The van der Waals surface area contributed by atoms with Crippen LogP contribution >= 0.6 is 11.6 Å². The second-order valence-electron chi connectivity index (χ2n) is 4.92. The van der Waals surface area contributed by atoms with Gasteiger partial charge in [-0.25, -0.2) is 8.42 Å². The first kappa shape index (κ1) is 16.7. The van der Waals surface area contributed by atoms with Crippen LogP contribution < -0.4 is 0 Å². The Hall–Kier alpha value is -1.62. The van der Waals surface area contributed by atoms with Gasteiger partial charge in [-0.15, -0.1) is 0 Å². The largest absolute Gasteiger partial charge is 0.450 e. The predicted octanol–water partition coefficient (Wildman–Crippen LogP) is 1.81. The zero-order valence-electron chi connectivity index (χ0n) is 11.7. The molecule has 8 heteroatoms. The van der Waals surface area contributed by atoms with Crippen molar-refractivity contribution in [3.8, 4) is 6.07 Å². The molecule has 22 heavy (non-hydrogen) atoms. The molecule has 1 saturated heterocycles. The van der Waals surface area contributed by atoms with Gasteiger partial charge >= 0.3 is 5.97 Å². The van der Waals surface area contributed by atoms with E-state index >= 15 is 0 Å². The van der Waals surface area contributed by atoms with Gasteiger partial charge in [0.1, 0.15) is 6.07 Å². The van der Waals surface area contributed by atoms with Gasteiger partial charge in [0.15, 0.2) is 6.61 Å². The minimum absolute atomic E-state index is 0.0647. The molecule has 0 radical (unpaired) electrons. The van der Waals surface area contributed by atoms with E-state index < -0.39 is 21.9 Å². The summed E-state index contributed by atoms with van der Waals surface area (Å²) in [5.41, 5.74) is 0. The second kappa shape index (κ2) is 7.09. The maximum atomic E-state index is 12.6. The third-order valence-electron chi connectivity index (χ3n) is 3.45. The van der Waals surface area contributed by atoms with Gasteiger partial charge in [0.2, 0.25) is 10.0 Å². The monoisotopic (exact) mass is 342 g/mol. The Morgan fingerprint density at radius 2 is 2.09 bits per heavy atom. The Bertz CT molecular complexity index is 682. The van der Waals surface area contributed by atoms with E-state index in [4.69, 9.17) is 21.6 Å². The highest BCUT2D eigenvalue weighted by Crippen LogP contribution is 2.25. The molecule has 1 aliphatic rings. The quantitative estimate of drug-likeness (QED) is 0.779. The molecule has 118 valence electrons. The predicted molar refractivity (Wildman–Crippen MR) is 79.5 cm³/mol. The molecule has 1 unspecified atom stereocenters. The average Bonchev–Trinajstić information content (AvgIpc) is 2.53. The molecule has 0 spiro atoms. The SMILES string of the molecule is N#CCOC(=O)C1CCCN(S(=O)(=O)c2ccc(Cl)cc2)C1. The number of benzene rings is 1. The van der Waals surface area contributed by atoms with Gasteiger partial charge in [0.25, 0.3) is 0 Å². The van der Waals surface area contributed by atoms with Crippen LogP contribution in [0.25, 0.3) is 0 Å². The van der Waals surface area contributed by atoms with Crippen molar-refractivity contribution in [3.05, 3.63) is 29.3 Å². The number of carbonyl (C=O) groups excluding carboxylic acids is 1. The lowest BCUT2D eigenvalue weighted by Crippen LogP contribution is -2.42. The number of halogens is 1. The van der Waals surface area contributed by atoms with Crippen LogP contribution in [-0.2, 0) is 19.6 Å². The molecule has 0 N–H and O–H groups in total. The van der Waals surface area contributed by atoms with Gasteiger partial charge in [-0.1, -0.05) is 11.6 Å². The summed E-state index contributed by atoms with van der Waals surface area (Å²) in [6, 6.07) is 7.62. The van der Waals surface area contributed by atoms with E-state index in [0.29, 0.717) is 24.4 Å². The van der Waals surface area contributed by atoms with Crippen LogP contribution in [0, 0.1) is 17.2 Å². The summed E-state index contributed by atoms with van der Waals surface area (Å²) in [5.74, 6) is -1.07. The number of esters is 1. The van der Waals surface area contributed by atoms with Crippen molar-refractivity contribution in [1.29, 1.82) is 5.26 Å². The molecule has 1 aliphatic heterocycles. The van der Waals surface area contributed by atoms with E-state index in [1.807, 2.05) is 0 Å². The number of piperidine rings is 1. The smallest absolute Gasteiger partial charge is 0.311 e. The minimum Gasteiger partial charge on any atom is -0.450 e. The Balaban J connectivity index is 2.13. The first-order chi connectivity index (χ1) is 10.4. The van der Waals surface area contributed by atoms with E-state index in [2.05, 4.69) is 0 Å². The fourth-order valence-corrected chi connectivity index (χ4v) is 3.98. The number of carbonyl (C=O) groups is 1. The van der Waals surface area contributed by atoms with Crippen LogP contribution in [0.15, 0.2) is 29.2 Å². The van der Waals surface area contributed by atoms with Crippen molar-refractivity contribution in [3.63, 3.8) is 0 Å². The first-order valence-electron chi connectivity index (χ1n) is 6.74. The Morgan fingerprint density at radius 1 is 1.41 bits per heavy atom. The number of ether oxygens (including phenoxy) is 1.